The second kappa shape index (κ2) is 10.7. The van der Waals surface area contributed by atoms with E-state index in [1.165, 1.54) is 18.2 Å². The maximum absolute atomic E-state index is 13.1. The third-order valence-electron chi connectivity index (χ3n) is 5.83. The predicted octanol–water partition coefficient (Wildman–Crippen LogP) is 3.91. The lowest BCUT2D eigenvalue weighted by molar-refractivity contribution is -0.141. The highest BCUT2D eigenvalue weighted by Gasteiger charge is 2.34. The van der Waals surface area contributed by atoms with Gasteiger partial charge in [0.05, 0.1) is 25.5 Å². The second-order valence-electron chi connectivity index (χ2n) is 8.00. The number of ether oxygens (including phenoxy) is 3. The number of hydrogen-bond donors (Lipinski definition) is 0. The molecule has 0 bridgehead atoms. The number of rotatable bonds is 7. The number of methoxy groups -OCH3 is 2. The van der Waals surface area contributed by atoms with Crippen LogP contribution in [0.1, 0.15) is 5.56 Å². The molecule has 4 rings (SSSR count). The van der Waals surface area contributed by atoms with Gasteiger partial charge in [-0.25, -0.2) is 0 Å². The summed E-state index contributed by atoms with van der Waals surface area (Å²) in [6.45, 7) is 1.34. The zero-order chi connectivity index (χ0) is 25.7. The van der Waals surface area contributed by atoms with Crippen molar-refractivity contribution in [2.45, 2.75) is 6.18 Å². The van der Waals surface area contributed by atoms with Crippen LogP contribution >= 0.6 is 0 Å². The van der Waals surface area contributed by atoms with Crippen molar-refractivity contribution >= 4 is 11.7 Å². The zero-order valence-corrected chi connectivity index (χ0v) is 19.8. The fraction of sp³-hybridized carbons (Fsp3) is 0.320. The standard InChI is InChI=1S/C25H25F3N4O4/c1-34-21-9-7-17(15-22(21)35-2)19-8-10-23(30-29-19)31-11-13-32(14-12-31)24(33)16-36-20-6-4-3-5-18(20)25(26,27)28/h3-10,15H,11-14,16H2,1-2H3. The summed E-state index contributed by atoms with van der Waals surface area (Å²) in [4.78, 5) is 16.1. The van der Waals surface area contributed by atoms with Crippen molar-refractivity contribution in [2.24, 2.45) is 0 Å². The van der Waals surface area contributed by atoms with Crippen LogP contribution in [-0.2, 0) is 11.0 Å². The van der Waals surface area contributed by atoms with E-state index < -0.39 is 18.3 Å². The van der Waals surface area contributed by atoms with Crippen LogP contribution in [0.5, 0.6) is 17.2 Å². The van der Waals surface area contributed by atoms with Crippen molar-refractivity contribution in [2.75, 3.05) is 51.9 Å². The minimum atomic E-state index is -4.55. The van der Waals surface area contributed by atoms with E-state index in [9.17, 15) is 18.0 Å². The molecule has 3 aromatic rings. The molecule has 0 saturated carbocycles. The topological polar surface area (TPSA) is 77.0 Å². The van der Waals surface area contributed by atoms with E-state index in [2.05, 4.69) is 10.2 Å². The van der Waals surface area contributed by atoms with Crippen LogP contribution in [0.4, 0.5) is 19.0 Å². The summed E-state index contributed by atoms with van der Waals surface area (Å²) >= 11 is 0. The minimum absolute atomic E-state index is 0.359. The Kier molecular flexibility index (Phi) is 7.47. The number of nitrogens with zero attached hydrogens (tertiary/aromatic N) is 4. The summed E-state index contributed by atoms with van der Waals surface area (Å²) in [6, 6.07) is 14.0. The van der Waals surface area contributed by atoms with Gasteiger partial charge in [-0.05, 0) is 42.5 Å². The van der Waals surface area contributed by atoms with Crippen molar-refractivity contribution < 1.29 is 32.2 Å². The average molecular weight is 502 g/mol. The van der Waals surface area contributed by atoms with Crippen LogP contribution in [0.3, 0.4) is 0 Å². The molecular weight excluding hydrogens is 477 g/mol. The summed E-state index contributed by atoms with van der Waals surface area (Å²) in [7, 11) is 3.13. The lowest BCUT2D eigenvalue weighted by Crippen LogP contribution is -2.50. The smallest absolute Gasteiger partial charge is 0.419 e. The van der Waals surface area contributed by atoms with Crippen LogP contribution in [-0.4, -0.2) is 68.0 Å². The first-order chi connectivity index (χ1) is 17.3. The normalized spacial score (nSPS) is 13.9. The van der Waals surface area contributed by atoms with E-state index in [-0.39, 0.29) is 11.7 Å². The molecule has 1 aliphatic rings. The lowest BCUT2D eigenvalue weighted by Gasteiger charge is -2.35. The lowest BCUT2D eigenvalue weighted by atomic mass is 10.1. The van der Waals surface area contributed by atoms with Gasteiger partial charge >= 0.3 is 6.18 Å². The molecule has 0 N–H and O–H groups in total. The summed E-state index contributed by atoms with van der Waals surface area (Å²) in [5.74, 6) is 1.14. The molecule has 2 heterocycles. The van der Waals surface area contributed by atoms with Crippen LogP contribution in [0.15, 0.2) is 54.6 Å². The average Bonchev–Trinajstić information content (AvgIpc) is 2.91. The molecule has 1 amide bonds. The molecule has 2 aromatic carbocycles. The van der Waals surface area contributed by atoms with Crippen molar-refractivity contribution in [3.63, 3.8) is 0 Å². The molecule has 1 fully saturated rings. The van der Waals surface area contributed by atoms with Gasteiger partial charge in [-0.2, -0.15) is 13.2 Å². The second-order valence-corrected chi connectivity index (χ2v) is 8.00. The van der Waals surface area contributed by atoms with Gasteiger partial charge in [0.15, 0.2) is 23.9 Å². The fourth-order valence-corrected chi connectivity index (χ4v) is 3.89. The highest BCUT2D eigenvalue weighted by Crippen LogP contribution is 2.36. The number of benzene rings is 2. The predicted molar refractivity (Wildman–Crippen MR) is 126 cm³/mol. The van der Waals surface area contributed by atoms with Crippen molar-refractivity contribution in [3.8, 4) is 28.5 Å². The first kappa shape index (κ1) is 25.1. The molecular formula is C25H25F3N4O4. The van der Waals surface area contributed by atoms with E-state index in [0.29, 0.717) is 49.2 Å². The Morgan fingerprint density at radius 3 is 2.25 bits per heavy atom. The van der Waals surface area contributed by atoms with E-state index >= 15 is 0 Å². The number of alkyl halides is 3. The number of halogens is 3. The number of hydrogen-bond acceptors (Lipinski definition) is 7. The molecule has 8 nitrogen and oxygen atoms in total. The van der Waals surface area contributed by atoms with Crippen LogP contribution in [0, 0.1) is 0 Å². The Morgan fingerprint density at radius 2 is 1.61 bits per heavy atom. The third-order valence-corrected chi connectivity index (χ3v) is 5.83. The van der Waals surface area contributed by atoms with E-state index in [1.807, 2.05) is 29.2 Å². The zero-order valence-electron chi connectivity index (χ0n) is 19.8. The fourth-order valence-electron chi connectivity index (χ4n) is 3.89. The van der Waals surface area contributed by atoms with E-state index in [4.69, 9.17) is 14.2 Å². The number of carbonyl (C=O) groups excluding carboxylic acids is 1. The van der Waals surface area contributed by atoms with Crippen molar-refractivity contribution in [1.82, 2.24) is 15.1 Å². The Balaban J connectivity index is 1.33. The molecule has 0 radical (unpaired) electrons. The van der Waals surface area contributed by atoms with Crippen molar-refractivity contribution in [1.29, 1.82) is 0 Å². The van der Waals surface area contributed by atoms with Gasteiger partial charge in [-0.15, -0.1) is 10.2 Å². The molecule has 11 heteroatoms. The molecule has 1 aliphatic heterocycles. The van der Waals surface area contributed by atoms with Crippen molar-refractivity contribution in [3.05, 3.63) is 60.2 Å². The summed E-state index contributed by atoms with van der Waals surface area (Å²) in [5.41, 5.74) is 0.594. The van der Waals surface area contributed by atoms with Gasteiger partial charge in [-0.1, -0.05) is 12.1 Å². The first-order valence-corrected chi connectivity index (χ1v) is 11.2. The number of carbonyl (C=O) groups is 1. The van der Waals surface area contributed by atoms with Gasteiger partial charge in [0, 0.05) is 31.7 Å². The largest absolute Gasteiger partial charge is 0.493 e. The Bertz CT molecular complexity index is 1200. The van der Waals surface area contributed by atoms with Gasteiger partial charge in [0.2, 0.25) is 0 Å². The number of amides is 1. The molecule has 0 aliphatic carbocycles. The number of para-hydroxylation sites is 1. The molecule has 1 aromatic heterocycles. The third kappa shape index (κ3) is 5.61. The molecule has 190 valence electrons. The molecule has 0 spiro atoms. The quantitative estimate of drug-likeness (QED) is 0.485. The van der Waals surface area contributed by atoms with Crippen LogP contribution in [0.25, 0.3) is 11.3 Å². The number of anilines is 1. The van der Waals surface area contributed by atoms with E-state index in [0.717, 1.165) is 11.6 Å². The molecule has 0 atom stereocenters. The van der Waals surface area contributed by atoms with Gasteiger partial charge in [0.25, 0.3) is 5.91 Å². The SMILES string of the molecule is COc1ccc(-c2ccc(N3CCN(C(=O)COc4ccccc4C(F)(F)F)CC3)nn2)cc1OC. The van der Waals surface area contributed by atoms with Gasteiger partial charge < -0.3 is 24.0 Å². The Labute approximate surface area is 206 Å². The maximum Gasteiger partial charge on any atom is 0.419 e. The van der Waals surface area contributed by atoms with E-state index in [1.54, 1.807) is 25.2 Å². The monoisotopic (exact) mass is 502 g/mol. The molecule has 0 unspecified atom stereocenters. The minimum Gasteiger partial charge on any atom is -0.493 e. The maximum atomic E-state index is 13.1. The number of piperazine rings is 1. The highest BCUT2D eigenvalue weighted by atomic mass is 19.4. The molecule has 36 heavy (non-hydrogen) atoms. The number of aromatic nitrogens is 2. The van der Waals surface area contributed by atoms with Crippen LogP contribution < -0.4 is 19.1 Å². The summed E-state index contributed by atoms with van der Waals surface area (Å²) in [5, 5.41) is 8.64. The Morgan fingerprint density at radius 1 is 0.889 bits per heavy atom. The summed E-state index contributed by atoms with van der Waals surface area (Å²) in [6.07, 6.45) is -4.55. The van der Waals surface area contributed by atoms with Gasteiger partial charge in [-0.3, -0.25) is 4.79 Å². The van der Waals surface area contributed by atoms with Gasteiger partial charge in [0.1, 0.15) is 5.75 Å². The first-order valence-electron chi connectivity index (χ1n) is 11.2. The molecule has 1 saturated heterocycles. The van der Waals surface area contributed by atoms with Crippen LogP contribution in [0.2, 0.25) is 0 Å². The highest BCUT2D eigenvalue weighted by molar-refractivity contribution is 5.78. The Hall–Kier alpha value is -4.02. The summed E-state index contributed by atoms with van der Waals surface area (Å²) < 4.78 is 55.2.